The predicted molar refractivity (Wildman–Crippen MR) is 101 cm³/mol. The van der Waals surface area contributed by atoms with Crippen molar-refractivity contribution in [2.45, 2.75) is 97.0 Å². The number of unbranched alkanes of at least 4 members (excludes halogenated alkanes) is 3. The van der Waals surface area contributed by atoms with Crippen molar-refractivity contribution in [3.63, 3.8) is 0 Å². The third-order valence-electron chi connectivity index (χ3n) is 4.84. The first kappa shape index (κ1) is 22.7. The quantitative estimate of drug-likeness (QED) is 0.225. The number of ether oxygens (including phenoxy) is 2. The van der Waals surface area contributed by atoms with Crippen molar-refractivity contribution in [3.8, 4) is 0 Å². The molecular weight excluding hydrogens is 379 g/mol. The van der Waals surface area contributed by atoms with E-state index < -0.39 is 18.4 Å². The molecule has 134 valence electrons. The monoisotopic (exact) mass is 422 g/mol. The third-order valence-corrected chi connectivity index (χ3v) is 21.4. The summed E-state index contributed by atoms with van der Waals surface area (Å²) in [6.07, 6.45) is 9.47. The summed E-state index contributed by atoms with van der Waals surface area (Å²) < 4.78 is 16.7. The Morgan fingerprint density at radius 1 is 0.818 bits per heavy atom. The number of hydrogen-bond donors (Lipinski definition) is 0. The molecule has 0 spiro atoms. The molecule has 0 N–H and O–H groups in total. The van der Waals surface area contributed by atoms with Crippen LogP contribution in [0.25, 0.3) is 0 Å². The molecule has 3 heteroatoms. The van der Waals surface area contributed by atoms with E-state index in [0.717, 1.165) is 5.92 Å². The van der Waals surface area contributed by atoms with Crippen LogP contribution >= 0.6 is 0 Å². The van der Waals surface area contributed by atoms with Gasteiger partial charge in [0, 0.05) is 0 Å². The molecule has 0 radical (unpaired) electrons. The van der Waals surface area contributed by atoms with E-state index >= 15 is 0 Å². The minimum atomic E-state index is -2.28. The molecule has 0 saturated heterocycles. The van der Waals surface area contributed by atoms with Crippen molar-refractivity contribution in [1.82, 2.24) is 0 Å². The third kappa shape index (κ3) is 9.12. The molecule has 22 heavy (non-hydrogen) atoms. The Balaban J connectivity index is 5.23. The summed E-state index contributed by atoms with van der Waals surface area (Å²) in [6, 6.07) is 0. The average Bonchev–Trinajstić information content (AvgIpc) is 2.51. The van der Waals surface area contributed by atoms with Gasteiger partial charge in [0.25, 0.3) is 0 Å². The molecule has 0 aliphatic heterocycles. The summed E-state index contributed by atoms with van der Waals surface area (Å²) in [5.74, 6) is 0.725. The molecule has 0 amide bonds. The second-order valence-corrected chi connectivity index (χ2v) is 21.3. The summed E-state index contributed by atoms with van der Waals surface area (Å²) in [7, 11) is 1.76. The van der Waals surface area contributed by atoms with Gasteiger partial charge in [0.2, 0.25) is 0 Å². The Labute approximate surface area is 144 Å². The first-order valence-electron chi connectivity index (χ1n) is 9.66. The summed E-state index contributed by atoms with van der Waals surface area (Å²) >= 11 is -2.28. The topological polar surface area (TPSA) is 18.5 Å². The van der Waals surface area contributed by atoms with Crippen LogP contribution in [0.5, 0.6) is 0 Å². The Kier molecular flexibility index (Phi) is 14.6. The van der Waals surface area contributed by atoms with E-state index in [0.29, 0.717) is 10.9 Å². The minimum absolute atomic E-state index is 0.487. The number of rotatable bonds is 15. The molecule has 0 aromatic rings. The molecule has 0 unspecified atom stereocenters. The van der Waals surface area contributed by atoms with Crippen LogP contribution in [0, 0.1) is 5.92 Å². The van der Waals surface area contributed by atoms with Gasteiger partial charge in [0.15, 0.2) is 0 Å². The van der Waals surface area contributed by atoms with Crippen LogP contribution in [0.4, 0.5) is 0 Å². The standard InChI is InChI=1S/C7H15O2.3C4H9.Sn/c1-7(2)4-5-9-6-8-3;3*1-3-4-2;/h5,7H,4,6H2,1-3H3;3*1,3-4H2,2H3;. The van der Waals surface area contributed by atoms with Gasteiger partial charge >= 0.3 is 145 Å². The van der Waals surface area contributed by atoms with Gasteiger partial charge in [0.1, 0.15) is 0 Å². The van der Waals surface area contributed by atoms with Crippen LogP contribution in [-0.4, -0.2) is 36.4 Å². The van der Waals surface area contributed by atoms with Gasteiger partial charge in [-0.15, -0.1) is 0 Å². The summed E-state index contributed by atoms with van der Waals surface area (Å²) in [5.41, 5.74) is 0. The van der Waals surface area contributed by atoms with Crippen LogP contribution in [0.1, 0.15) is 79.6 Å². The van der Waals surface area contributed by atoms with Crippen molar-refractivity contribution >= 4 is 18.4 Å². The van der Waals surface area contributed by atoms with Gasteiger partial charge in [-0.3, -0.25) is 0 Å². The molecule has 0 saturated carbocycles. The maximum absolute atomic E-state index is 6.33. The van der Waals surface area contributed by atoms with Crippen molar-refractivity contribution in [2.75, 3.05) is 13.9 Å². The Morgan fingerprint density at radius 3 is 1.59 bits per heavy atom. The van der Waals surface area contributed by atoms with Gasteiger partial charge in [-0.05, 0) is 0 Å². The molecule has 0 bridgehead atoms. The van der Waals surface area contributed by atoms with E-state index in [1.54, 1.807) is 7.11 Å². The molecule has 0 aromatic heterocycles. The predicted octanol–water partition coefficient (Wildman–Crippen LogP) is 6.41. The Hall–Kier alpha value is 0.719. The number of hydrogen-bond acceptors (Lipinski definition) is 2. The molecule has 0 aliphatic carbocycles. The summed E-state index contributed by atoms with van der Waals surface area (Å²) in [6.45, 7) is 12.2. The van der Waals surface area contributed by atoms with Crippen LogP contribution in [0.2, 0.25) is 13.3 Å². The van der Waals surface area contributed by atoms with Gasteiger partial charge in [0.05, 0.1) is 0 Å². The van der Waals surface area contributed by atoms with Crippen molar-refractivity contribution in [2.24, 2.45) is 5.92 Å². The van der Waals surface area contributed by atoms with E-state index in [1.807, 2.05) is 0 Å². The molecule has 1 atom stereocenters. The number of methoxy groups -OCH3 is 1. The Morgan fingerprint density at radius 2 is 1.27 bits per heavy atom. The molecule has 0 heterocycles. The summed E-state index contributed by atoms with van der Waals surface area (Å²) in [4.78, 5) is 0. The van der Waals surface area contributed by atoms with Crippen LogP contribution < -0.4 is 0 Å². The van der Waals surface area contributed by atoms with Gasteiger partial charge in [-0.2, -0.15) is 0 Å². The maximum atomic E-state index is 6.33. The van der Waals surface area contributed by atoms with E-state index in [2.05, 4.69) is 34.6 Å². The second kappa shape index (κ2) is 14.1. The van der Waals surface area contributed by atoms with Crippen molar-refractivity contribution in [3.05, 3.63) is 0 Å². The Bertz CT molecular complexity index is 222. The first-order chi connectivity index (χ1) is 10.6. The first-order valence-corrected chi connectivity index (χ1v) is 17.4. The second-order valence-electron chi connectivity index (χ2n) is 7.36. The summed E-state index contributed by atoms with van der Waals surface area (Å²) in [5, 5.41) is 0. The van der Waals surface area contributed by atoms with Gasteiger partial charge in [-0.1, -0.05) is 0 Å². The fourth-order valence-electron chi connectivity index (χ4n) is 3.52. The molecule has 0 rings (SSSR count). The molecule has 0 aromatic carbocycles. The molecule has 2 nitrogen and oxygen atoms in total. The fraction of sp³-hybridized carbons (Fsp3) is 1.00. The zero-order valence-corrected chi connectivity index (χ0v) is 19.1. The zero-order chi connectivity index (χ0) is 16.8. The van der Waals surface area contributed by atoms with E-state index in [9.17, 15) is 0 Å². The van der Waals surface area contributed by atoms with Crippen LogP contribution in [0.3, 0.4) is 0 Å². The molecule has 0 aliphatic rings. The average molecular weight is 421 g/mol. The van der Waals surface area contributed by atoms with Gasteiger partial charge < -0.3 is 0 Å². The van der Waals surface area contributed by atoms with Crippen molar-refractivity contribution in [1.29, 1.82) is 0 Å². The van der Waals surface area contributed by atoms with Gasteiger partial charge in [-0.25, -0.2) is 0 Å². The molecule has 0 fully saturated rings. The zero-order valence-electron chi connectivity index (χ0n) is 16.2. The van der Waals surface area contributed by atoms with E-state index in [1.165, 1.54) is 58.3 Å². The van der Waals surface area contributed by atoms with Crippen molar-refractivity contribution < 1.29 is 9.47 Å². The normalized spacial score (nSPS) is 13.8. The van der Waals surface area contributed by atoms with E-state index in [-0.39, 0.29) is 0 Å². The fourth-order valence-corrected chi connectivity index (χ4v) is 21.4. The van der Waals surface area contributed by atoms with Crippen LogP contribution in [0.15, 0.2) is 0 Å². The van der Waals surface area contributed by atoms with E-state index in [4.69, 9.17) is 9.47 Å². The SMILES string of the molecule is CCC[CH2][Sn]([CH2]CCC)([CH2]CCC)[C@@H](CC(C)C)OCOC. The molecular formula is C19H42O2Sn. The van der Waals surface area contributed by atoms with Crippen LogP contribution in [-0.2, 0) is 9.47 Å².